The molecule has 23 heavy (non-hydrogen) atoms. The highest BCUT2D eigenvalue weighted by molar-refractivity contribution is 7.98. The van der Waals surface area contributed by atoms with Crippen LogP contribution in [0.3, 0.4) is 0 Å². The Morgan fingerprint density at radius 3 is 2.04 bits per heavy atom. The molecule has 0 spiro atoms. The summed E-state index contributed by atoms with van der Waals surface area (Å²) in [6.45, 7) is 8.30. The molecule has 120 valence electrons. The zero-order chi connectivity index (χ0) is 16.5. The Morgan fingerprint density at radius 1 is 0.913 bits per heavy atom. The van der Waals surface area contributed by atoms with Gasteiger partial charge >= 0.3 is 7.12 Å². The molecule has 1 aliphatic rings. The minimum Gasteiger partial charge on any atom is -0.399 e. The lowest BCUT2D eigenvalue weighted by Gasteiger charge is -2.32. The summed E-state index contributed by atoms with van der Waals surface area (Å²) < 4.78 is 12.2. The number of thioether (sulfide) groups is 1. The molecule has 0 amide bonds. The van der Waals surface area contributed by atoms with Crippen LogP contribution < -0.4 is 5.46 Å². The molecule has 0 bridgehead atoms. The van der Waals surface area contributed by atoms with Crippen LogP contribution in [0.5, 0.6) is 0 Å². The summed E-state index contributed by atoms with van der Waals surface area (Å²) >= 11 is 1.81. The van der Waals surface area contributed by atoms with Crippen molar-refractivity contribution in [2.24, 2.45) is 0 Å². The van der Waals surface area contributed by atoms with E-state index in [1.165, 1.54) is 10.5 Å². The van der Waals surface area contributed by atoms with Gasteiger partial charge in [-0.15, -0.1) is 11.8 Å². The number of aromatic nitrogens is 1. The van der Waals surface area contributed by atoms with Crippen molar-refractivity contribution in [1.82, 2.24) is 4.98 Å². The van der Waals surface area contributed by atoms with Crippen molar-refractivity contribution in [1.29, 1.82) is 0 Å². The second kappa shape index (κ2) is 6.31. The van der Waals surface area contributed by atoms with E-state index >= 15 is 0 Å². The predicted octanol–water partition coefficient (Wildman–Crippen LogP) is 3.67. The molecule has 3 nitrogen and oxygen atoms in total. The van der Waals surface area contributed by atoms with Gasteiger partial charge in [0.1, 0.15) is 0 Å². The lowest BCUT2D eigenvalue weighted by Crippen LogP contribution is -2.41. The molecule has 1 saturated heterocycles. The minimum atomic E-state index is -0.298. The summed E-state index contributed by atoms with van der Waals surface area (Å²) in [6.07, 6.45) is 3.65. The average Bonchev–Trinajstić information content (AvgIpc) is 2.75. The van der Waals surface area contributed by atoms with Gasteiger partial charge in [-0.2, -0.15) is 0 Å². The minimum absolute atomic E-state index is 0.290. The van der Waals surface area contributed by atoms with Crippen molar-refractivity contribution < 1.29 is 9.31 Å². The van der Waals surface area contributed by atoms with Gasteiger partial charge in [0.2, 0.25) is 0 Å². The fourth-order valence-electron chi connectivity index (χ4n) is 2.35. The number of nitrogens with zero attached hydrogens (tertiary/aromatic N) is 1. The maximum absolute atomic E-state index is 6.08. The van der Waals surface area contributed by atoms with E-state index in [1.54, 1.807) is 0 Å². The Balaban J connectivity index is 1.64. The lowest BCUT2D eigenvalue weighted by molar-refractivity contribution is 0.00578. The summed E-state index contributed by atoms with van der Waals surface area (Å²) in [7, 11) is -0.290. The molecular formula is C18H22BNO2S. The van der Waals surface area contributed by atoms with E-state index in [-0.39, 0.29) is 18.3 Å². The third-order valence-electron chi connectivity index (χ3n) is 4.56. The average molecular weight is 327 g/mol. The zero-order valence-corrected chi connectivity index (χ0v) is 14.9. The summed E-state index contributed by atoms with van der Waals surface area (Å²) in [5.41, 5.74) is 1.76. The van der Waals surface area contributed by atoms with E-state index in [0.29, 0.717) is 0 Å². The van der Waals surface area contributed by atoms with Crippen LogP contribution >= 0.6 is 11.8 Å². The van der Waals surface area contributed by atoms with Crippen LogP contribution in [0.1, 0.15) is 33.3 Å². The predicted molar refractivity (Wildman–Crippen MR) is 96.0 cm³/mol. The first-order chi connectivity index (χ1) is 10.9. The molecule has 0 atom stereocenters. The van der Waals surface area contributed by atoms with Crippen molar-refractivity contribution in [3.63, 3.8) is 0 Å². The molecule has 2 heterocycles. The number of hydrogen-bond donors (Lipinski definition) is 0. The highest BCUT2D eigenvalue weighted by Crippen LogP contribution is 2.36. The summed E-state index contributed by atoms with van der Waals surface area (Å²) in [6, 6.07) is 12.6. The fourth-order valence-corrected chi connectivity index (χ4v) is 3.19. The van der Waals surface area contributed by atoms with E-state index in [1.807, 2.05) is 36.3 Å². The van der Waals surface area contributed by atoms with Crippen molar-refractivity contribution in [2.75, 3.05) is 0 Å². The molecule has 0 N–H and O–H groups in total. The highest BCUT2D eigenvalue weighted by atomic mass is 32.2. The van der Waals surface area contributed by atoms with Gasteiger partial charge in [-0.1, -0.05) is 24.3 Å². The number of benzene rings is 1. The van der Waals surface area contributed by atoms with Gasteiger partial charge in [0.15, 0.2) is 0 Å². The number of pyridine rings is 1. The molecule has 0 aliphatic carbocycles. The maximum Gasteiger partial charge on any atom is 0.494 e. The van der Waals surface area contributed by atoms with Crippen LogP contribution in [0, 0.1) is 0 Å². The molecule has 1 aliphatic heterocycles. The van der Waals surface area contributed by atoms with Crippen molar-refractivity contribution in [3.8, 4) is 0 Å². The van der Waals surface area contributed by atoms with Gasteiger partial charge in [-0.3, -0.25) is 4.98 Å². The van der Waals surface area contributed by atoms with Gasteiger partial charge in [-0.05, 0) is 50.9 Å². The Labute approximate surface area is 142 Å². The normalized spacial score (nSPS) is 19.0. The Morgan fingerprint density at radius 2 is 1.48 bits per heavy atom. The first-order valence-corrected chi connectivity index (χ1v) is 8.83. The molecule has 0 unspecified atom stereocenters. The Hall–Kier alpha value is -1.30. The van der Waals surface area contributed by atoms with Crippen molar-refractivity contribution >= 4 is 24.3 Å². The van der Waals surface area contributed by atoms with Gasteiger partial charge in [0.05, 0.1) is 11.2 Å². The third-order valence-corrected chi connectivity index (χ3v) is 5.64. The molecule has 0 radical (unpaired) electrons. The largest absolute Gasteiger partial charge is 0.494 e. The summed E-state index contributed by atoms with van der Waals surface area (Å²) in [4.78, 5) is 5.27. The van der Waals surface area contributed by atoms with Crippen LogP contribution in [-0.2, 0) is 15.1 Å². The molecular weight excluding hydrogens is 305 g/mol. The third kappa shape index (κ3) is 3.62. The van der Waals surface area contributed by atoms with Crippen LogP contribution in [0.4, 0.5) is 0 Å². The van der Waals surface area contributed by atoms with Crippen LogP contribution in [-0.4, -0.2) is 23.3 Å². The van der Waals surface area contributed by atoms with Crippen LogP contribution in [0.15, 0.2) is 53.7 Å². The van der Waals surface area contributed by atoms with Gasteiger partial charge in [0.25, 0.3) is 0 Å². The Kier molecular flexibility index (Phi) is 4.54. The van der Waals surface area contributed by atoms with Crippen LogP contribution in [0.25, 0.3) is 0 Å². The van der Waals surface area contributed by atoms with E-state index in [9.17, 15) is 0 Å². The van der Waals surface area contributed by atoms with E-state index in [4.69, 9.17) is 9.31 Å². The lowest BCUT2D eigenvalue weighted by atomic mass is 9.79. The summed E-state index contributed by atoms with van der Waals surface area (Å²) in [5.74, 6) is 0.938. The highest BCUT2D eigenvalue weighted by Gasteiger charge is 2.51. The number of rotatable bonds is 4. The molecule has 5 heteroatoms. The van der Waals surface area contributed by atoms with Crippen molar-refractivity contribution in [3.05, 3.63) is 54.4 Å². The molecule has 0 saturated carbocycles. The number of hydrogen-bond acceptors (Lipinski definition) is 4. The first kappa shape index (κ1) is 16.6. The van der Waals surface area contributed by atoms with Gasteiger partial charge in [-0.25, -0.2) is 0 Å². The van der Waals surface area contributed by atoms with E-state index < -0.39 is 0 Å². The SMILES string of the molecule is CC1(C)OB(c2ccc(CSc3ccncc3)cc2)OC1(C)C. The quantitative estimate of drug-likeness (QED) is 0.633. The molecule has 3 rings (SSSR count). The topological polar surface area (TPSA) is 31.4 Å². The standard InChI is InChI=1S/C18H22BNO2S/c1-17(2)18(3,4)22-19(21-17)15-7-5-14(6-8-15)13-23-16-9-11-20-12-10-16/h5-12H,13H2,1-4H3. The fraction of sp³-hybridized carbons (Fsp3) is 0.389. The Bertz CT molecular complexity index is 642. The van der Waals surface area contributed by atoms with E-state index in [0.717, 1.165) is 11.2 Å². The molecule has 1 aromatic carbocycles. The van der Waals surface area contributed by atoms with E-state index in [2.05, 4.69) is 56.9 Å². The second-order valence-corrected chi connectivity index (χ2v) is 7.85. The molecule has 1 aromatic heterocycles. The second-order valence-electron chi connectivity index (χ2n) is 6.80. The zero-order valence-electron chi connectivity index (χ0n) is 14.1. The van der Waals surface area contributed by atoms with Gasteiger partial charge < -0.3 is 9.31 Å². The smallest absolute Gasteiger partial charge is 0.399 e. The molecule has 2 aromatic rings. The monoisotopic (exact) mass is 327 g/mol. The van der Waals surface area contributed by atoms with Crippen molar-refractivity contribution in [2.45, 2.75) is 49.5 Å². The summed E-state index contributed by atoms with van der Waals surface area (Å²) in [5, 5.41) is 0. The van der Waals surface area contributed by atoms with Crippen LogP contribution in [0.2, 0.25) is 0 Å². The maximum atomic E-state index is 6.08. The van der Waals surface area contributed by atoms with Gasteiger partial charge in [0, 0.05) is 23.0 Å². The first-order valence-electron chi connectivity index (χ1n) is 7.85. The molecule has 1 fully saturated rings.